The summed E-state index contributed by atoms with van der Waals surface area (Å²) < 4.78 is 5.59. The van der Waals surface area contributed by atoms with Crippen molar-refractivity contribution in [1.82, 2.24) is 4.98 Å². The summed E-state index contributed by atoms with van der Waals surface area (Å²) in [6.45, 7) is 5.79. The van der Waals surface area contributed by atoms with Gasteiger partial charge in [-0.25, -0.2) is 4.98 Å². The zero-order valence-electron chi connectivity index (χ0n) is 10.4. The van der Waals surface area contributed by atoms with Crippen LogP contribution < -0.4 is 10.6 Å². The Morgan fingerprint density at radius 3 is 2.89 bits per heavy atom. The van der Waals surface area contributed by atoms with Crippen LogP contribution in [0.25, 0.3) is 0 Å². The molecule has 1 saturated heterocycles. The van der Waals surface area contributed by atoms with Gasteiger partial charge in [-0.05, 0) is 13.8 Å². The number of anilines is 2. The normalized spacial score (nSPS) is 18.7. The Kier molecular flexibility index (Phi) is 3.08. The van der Waals surface area contributed by atoms with E-state index in [1.807, 2.05) is 18.7 Å². The van der Waals surface area contributed by atoms with Gasteiger partial charge in [0.2, 0.25) is 0 Å². The molecule has 1 aliphatic heterocycles. The number of nitrogens with zero attached hydrogens (tertiary/aromatic N) is 3. The second-order valence-corrected chi connectivity index (χ2v) is 4.90. The smallest absolute Gasteiger partial charge is 0.276 e. The van der Waals surface area contributed by atoms with Gasteiger partial charge in [0.05, 0.1) is 29.3 Å². The summed E-state index contributed by atoms with van der Waals surface area (Å²) in [5.41, 5.74) is 5.27. The van der Waals surface area contributed by atoms with Crippen LogP contribution in [0.5, 0.6) is 0 Å². The van der Waals surface area contributed by atoms with E-state index in [-0.39, 0.29) is 17.1 Å². The van der Waals surface area contributed by atoms with E-state index >= 15 is 0 Å². The van der Waals surface area contributed by atoms with Gasteiger partial charge in [0.1, 0.15) is 11.6 Å². The second-order valence-electron chi connectivity index (χ2n) is 4.90. The summed E-state index contributed by atoms with van der Waals surface area (Å²) in [5, 5.41) is 10.8. The first-order chi connectivity index (χ1) is 8.37. The summed E-state index contributed by atoms with van der Waals surface area (Å²) in [6.07, 6.45) is 0. The van der Waals surface area contributed by atoms with Gasteiger partial charge in [-0.3, -0.25) is 10.1 Å². The summed E-state index contributed by atoms with van der Waals surface area (Å²) in [6, 6.07) is 2.70. The van der Waals surface area contributed by atoms with Crippen molar-refractivity contribution in [1.29, 1.82) is 0 Å². The Hall–Kier alpha value is -1.89. The summed E-state index contributed by atoms with van der Waals surface area (Å²) >= 11 is 0. The van der Waals surface area contributed by atoms with Crippen molar-refractivity contribution >= 4 is 17.3 Å². The van der Waals surface area contributed by atoms with Crippen LogP contribution in [0.3, 0.4) is 0 Å². The van der Waals surface area contributed by atoms with Crippen molar-refractivity contribution in [3.63, 3.8) is 0 Å². The van der Waals surface area contributed by atoms with Crippen molar-refractivity contribution in [3.8, 4) is 0 Å². The quantitative estimate of drug-likeness (QED) is 0.627. The van der Waals surface area contributed by atoms with E-state index in [0.29, 0.717) is 25.5 Å². The lowest BCUT2D eigenvalue weighted by molar-refractivity contribution is -0.384. The third kappa shape index (κ3) is 2.67. The molecule has 0 spiro atoms. The van der Waals surface area contributed by atoms with Gasteiger partial charge in [-0.15, -0.1) is 0 Å². The predicted molar refractivity (Wildman–Crippen MR) is 67.5 cm³/mol. The molecule has 18 heavy (non-hydrogen) atoms. The van der Waals surface area contributed by atoms with E-state index in [4.69, 9.17) is 10.5 Å². The number of ether oxygens (including phenoxy) is 1. The Morgan fingerprint density at radius 1 is 1.56 bits per heavy atom. The van der Waals surface area contributed by atoms with Crippen LogP contribution in [0.1, 0.15) is 13.8 Å². The van der Waals surface area contributed by atoms with Gasteiger partial charge in [-0.2, -0.15) is 0 Å². The first-order valence-corrected chi connectivity index (χ1v) is 5.68. The Morgan fingerprint density at radius 2 is 2.28 bits per heavy atom. The number of pyridine rings is 1. The highest BCUT2D eigenvalue weighted by molar-refractivity contribution is 5.54. The first kappa shape index (κ1) is 12.6. The number of aromatic nitrogens is 1. The molecular formula is C11H16N4O3. The fourth-order valence-corrected chi connectivity index (χ4v) is 2.00. The molecule has 1 aromatic heterocycles. The molecule has 2 N–H and O–H groups in total. The molecule has 2 rings (SSSR count). The monoisotopic (exact) mass is 252 g/mol. The predicted octanol–water partition coefficient (Wildman–Crippen LogP) is 1.19. The van der Waals surface area contributed by atoms with Gasteiger partial charge >= 0.3 is 0 Å². The standard InChI is InChI=1S/C11H16N4O3/c1-11(2)7-14(3-4-18-11)10-6-8(15(16)17)5-9(12)13-10/h5-6H,3-4,7H2,1-2H3,(H2,12,13). The molecule has 98 valence electrons. The van der Waals surface area contributed by atoms with E-state index in [2.05, 4.69) is 4.98 Å². The molecule has 7 heteroatoms. The molecule has 0 unspecified atom stereocenters. The number of nitrogen functional groups attached to an aromatic ring is 1. The van der Waals surface area contributed by atoms with Crippen molar-refractivity contribution in [2.24, 2.45) is 0 Å². The summed E-state index contributed by atoms with van der Waals surface area (Å²) in [5.74, 6) is 0.682. The van der Waals surface area contributed by atoms with Crippen LogP contribution in [-0.4, -0.2) is 35.2 Å². The van der Waals surface area contributed by atoms with E-state index in [1.54, 1.807) is 0 Å². The van der Waals surface area contributed by atoms with Gasteiger partial charge in [-0.1, -0.05) is 0 Å². The first-order valence-electron chi connectivity index (χ1n) is 5.68. The highest BCUT2D eigenvalue weighted by Gasteiger charge is 2.28. The summed E-state index contributed by atoms with van der Waals surface area (Å²) in [4.78, 5) is 16.4. The number of nitro groups is 1. The van der Waals surface area contributed by atoms with Crippen molar-refractivity contribution in [3.05, 3.63) is 22.2 Å². The fourth-order valence-electron chi connectivity index (χ4n) is 2.00. The molecule has 0 saturated carbocycles. The van der Waals surface area contributed by atoms with Gasteiger partial charge in [0, 0.05) is 13.1 Å². The molecule has 1 aromatic rings. The molecule has 0 amide bonds. The molecule has 1 aliphatic rings. The number of nitrogens with two attached hydrogens (primary N) is 1. The van der Waals surface area contributed by atoms with Crippen LogP contribution in [0.4, 0.5) is 17.3 Å². The third-order valence-electron chi connectivity index (χ3n) is 2.78. The average molecular weight is 252 g/mol. The number of rotatable bonds is 2. The SMILES string of the molecule is CC1(C)CN(c2cc([N+](=O)[O-])cc(N)n2)CCO1. The van der Waals surface area contributed by atoms with E-state index in [1.165, 1.54) is 12.1 Å². The molecule has 0 radical (unpaired) electrons. The van der Waals surface area contributed by atoms with Crippen LogP contribution in [0.2, 0.25) is 0 Å². The maximum Gasteiger partial charge on any atom is 0.276 e. The second kappa shape index (κ2) is 4.41. The number of hydrogen-bond donors (Lipinski definition) is 1. The van der Waals surface area contributed by atoms with E-state index < -0.39 is 4.92 Å². The maximum atomic E-state index is 10.8. The molecule has 7 nitrogen and oxygen atoms in total. The van der Waals surface area contributed by atoms with Crippen LogP contribution in [0, 0.1) is 10.1 Å². The van der Waals surface area contributed by atoms with Crippen molar-refractivity contribution in [2.45, 2.75) is 19.4 Å². The Balaban J connectivity index is 2.30. The molecule has 0 aliphatic carbocycles. The molecule has 0 atom stereocenters. The molecule has 2 heterocycles. The van der Waals surface area contributed by atoms with E-state index in [9.17, 15) is 10.1 Å². The largest absolute Gasteiger partial charge is 0.383 e. The van der Waals surface area contributed by atoms with Gasteiger partial charge in [0.15, 0.2) is 0 Å². The minimum atomic E-state index is -0.465. The third-order valence-corrected chi connectivity index (χ3v) is 2.78. The molecule has 0 bridgehead atoms. The zero-order chi connectivity index (χ0) is 13.3. The topological polar surface area (TPSA) is 94.5 Å². The van der Waals surface area contributed by atoms with Crippen molar-refractivity contribution < 1.29 is 9.66 Å². The zero-order valence-corrected chi connectivity index (χ0v) is 10.4. The Labute approximate surface area is 105 Å². The Bertz CT molecular complexity index is 475. The van der Waals surface area contributed by atoms with Gasteiger partial charge < -0.3 is 15.4 Å². The van der Waals surface area contributed by atoms with Crippen LogP contribution >= 0.6 is 0 Å². The van der Waals surface area contributed by atoms with Crippen LogP contribution in [0.15, 0.2) is 12.1 Å². The lowest BCUT2D eigenvalue weighted by atomic mass is 10.1. The summed E-state index contributed by atoms with van der Waals surface area (Å²) in [7, 11) is 0. The van der Waals surface area contributed by atoms with Gasteiger partial charge in [0.25, 0.3) is 5.69 Å². The number of hydrogen-bond acceptors (Lipinski definition) is 6. The van der Waals surface area contributed by atoms with Crippen molar-refractivity contribution in [2.75, 3.05) is 30.3 Å². The minimum absolute atomic E-state index is 0.0400. The fraction of sp³-hybridized carbons (Fsp3) is 0.545. The maximum absolute atomic E-state index is 10.8. The number of morpholine rings is 1. The molecule has 0 aromatic carbocycles. The highest BCUT2D eigenvalue weighted by Crippen LogP contribution is 2.26. The average Bonchev–Trinajstić information content (AvgIpc) is 2.26. The molecular weight excluding hydrogens is 236 g/mol. The molecule has 1 fully saturated rings. The lowest BCUT2D eigenvalue weighted by Crippen LogP contribution is -2.48. The van der Waals surface area contributed by atoms with Crippen LogP contribution in [-0.2, 0) is 4.74 Å². The minimum Gasteiger partial charge on any atom is -0.383 e. The highest BCUT2D eigenvalue weighted by atomic mass is 16.6. The van der Waals surface area contributed by atoms with E-state index in [0.717, 1.165) is 0 Å². The lowest BCUT2D eigenvalue weighted by Gasteiger charge is -2.38.